The number of nitrogens with one attached hydrogen (secondary N) is 1. The molecule has 0 aliphatic carbocycles. The van der Waals surface area contributed by atoms with Crippen LogP contribution in [0, 0.1) is 5.82 Å². The van der Waals surface area contributed by atoms with Gasteiger partial charge in [0.2, 0.25) is 0 Å². The van der Waals surface area contributed by atoms with E-state index in [2.05, 4.69) is 21.8 Å². The number of hydrogen-bond acceptors (Lipinski definition) is 4. The van der Waals surface area contributed by atoms with Gasteiger partial charge < -0.3 is 0 Å². The summed E-state index contributed by atoms with van der Waals surface area (Å²) < 4.78 is 13.9. The van der Waals surface area contributed by atoms with E-state index in [4.69, 9.17) is 5.84 Å². The Morgan fingerprint density at radius 2 is 2.29 bits per heavy atom. The van der Waals surface area contributed by atoms with Crippen LogP contribution in [0.25, 0.3) is 0 Å². The number of nitrogens with two attached hydrogens (primary N) is 1. The van der Waals surface area contributed by atoms with Gasteiger partial charge in [0, 0.05) is 35.6 Å². The molecule has 110 valence electrons. The average Bonchev–Trinajstić information content (AvgIpc) is 2.96. The number of carbonyl (C=O) groups excluding carboxylic acids is 1. The zero-order valence-electron chi connectivity index (χ0n) is 11.4. The number of halogens is 1. The Labute approximate surface area is 126 Å². The summed E-state index contributed by atoms with van der Waals surface area (Å²) in [5, 5.41) is 2.10. The van der Waals surface area contributed by atoms with Gasteiger partial charge in [0.25, 0.3) is 5.91 Å². The van der Waals surface area contributed by atoms with Crippen molar-refractivity contribution in [2.45, 2.75) is 19.5 Å². The zero-order chi connectivity index (χ0) is 14.8. The van der Waals surface area contributed by atoms with E-state index in [1.807, 2.05) is 0 Å². The minimum Gasteiger partial charge on any atom is -0.294 e. The number of hydrogen-bond donors (Lipinski definition) is 2. The van der Waals surface area contributed by atoms with Gasteiger partial charge in [-0.1, -0.05) is 0 Å². The highest BCUT2D eigenvalue weighted by molar-refractivity contribution is 7.10. The maximum absolute atomic E-state index is 13.9. The molecule has 1 amide bonds. The van der Waals surface area contributed by atoms with Crippen molar-refractivity contribution in [3.05, 3.63) is 57.0 Å². The number of thiophene rings is 1. The van der Waals surface area contributed by atoms with Crippen LogP contribution in [0.4, 0.5) is 4.39 Å². The number of carbonyl (C=O) groups is 1. The van der Waals surface area contributed by atoms with Crippen LogP contribution in [0.3, 0.4) is 0 Å². The van der Waals surface area contributed by atoms with E-state index in [1.54, 1.807) is 17.4 Å². The van der Waals surface area contributed by atoms with Crippen molar-refractivity contribution in [3.63, 3.8) is 0 Å². The van der Waals surface area contributed by atoms with Gasteiger partial charge in [0.1, 0.15) is 5.82 Å². The first-order valence-electron chi connectivity index (χ1n) is 6.74. The van der Waals surface area contributed by atoms with Crippen LogP contribution in [0.5, 0.6) is 0 Å². The third kappa shape index (κ3) is 2.97. The van der Waals surface area contributed by atoms with Crippen molar-refractivity contribution in [2.24, 2.45) is 5.84 Å². The number of benzene rings is 1. The third-order valence-electron chi connectivity index (χ3n) is 3.72. The molecule has 0 radical (unpaired) electrons. The molecule has 0 atom stereocenters. The number of amides is 1. The highest BCUT2D eigenvalue weighted by atomic mass is 32.1. The van der Waals surface area contributed by atoms with Gasteiger partial charge in [-0.15, -0.1) is 11.3 Å². The molecule has 21 heavy (non-hydrogen) atoms. The van der Waals surface area contributed by atoms with Crippen molar-refractivity contribution in [3.8, 4) is 0 Å². The summed E-state index contributed by atoms with van der Waals surface area (Å²) in [6.07, 6.45) is 0.998. The molecule has 0 unspecified atom stereocenters. The number of nitrogens with zero attached hydrogens (tertiary/aromatic N) is 1. The van der Waals surface area contributed by atoms with Gasteiger partial charge in [-0.2, -0.15) is 0 Å². The molecule has 1 aromatic carbocycles. The Morgan fingerprint density at radius 3 is 3.10 bits per heavy atom. The lowest BCUT2D eigenvalue weighted by Crippen LogP contribution is -2.31. The lowest BCUT2D eigenvalue weighted by Gasteiger charge is -2.27. The summed E-state index contributed by atoms with van der Waals surface area (Å²) in [5.41, 5.74) is 4.29. The van der Waals surface area contributed by atoms with E-state index in [-0.39, 0.29) is 5.82 Å². The van der Waals surface area contributed by atoms with E-state index in [9.17, 15) is 9.18 Å². The largest absolute Gasteiger partial charge is 0.294 e. The lowest BCUT2D eigenvalue weighted by molar-refractivity contribution is 0.0953. The Morgan fingerprint density at radius 1 is 1.43 bits per heavy atom. The molecule has 0 saturated heterocycles. The molecule has 3 rings (SSSR count). The van der Waals surface area contributed by atoms with Crippen LogP contribution in [-0.2, 0) is 19.5 Å². The second kappa shape index (κ2) is 5.93. The molecule has 6 heteroatoms. The van der Waals surface area contributed by atoms with Crippen LogP contribution in [0.2, 0.25) is 0 Å². The minimum absolute atomic E-state index is 0.292. The quantitative estimate of drug-likeness (QED) is 0.518. The van der Waals surface area contributed by atoms with Crippen molar-refractivity contribution in [2.75, 3.05) is 6.54 Å². The molecule has 1 aliphatic rings. The highest BCUT2D eigenvalue weighted by Gasteiger charge is 2.19. The van der Waals surface area contributed by atoms with Crippen LogP contribution in [0.15, 0.2) is 29.6 Å². The lowest BCUT2D eigenvalue weighted by atomic mass is 10.1. The number of fused-ring (bicyclic) bond motifs is 1. The highest BCUT2D eigenvalue weighted by Crippen LogP contribution is 2.25. The van der Waals surface area contributed by atoms with Gasteiger partial charge in [0.05, 0.1) is 0 Å². The van der Waals surface area contributed by atoms with Crippen LogP contribution in [0.1, 0.15) is 26.4 Å². The smallest absolute Gasteiger partial charge is 0.265 e. The van der Waals surface area contributed by atoms with Gasteiger partial charge in [-0.25, -0.2) is 10.2 Å². The molecule has 4 nitrogen and oxygen atoms in total. The first-order valence-corrected chi connectivity index (χ1v) is 7.62. The van der Waals surface area contributed by atoms with E-state index >= 15 is 0 Å². The van der Waals surface area contributed by atoms with E-state index in [0.717, 1.165) is 19.5 Å². The zero-order valence-corrected chi connectivity index (χ0v) is 12.3. The van der Waals surface area contributed by atoms with Gasteiger partial charge >= 0.3 is 0 Å². The van der Waals surface area contributed by atoms with E-state index in [1.165, 1.54) is 22.6 Å². The van der Waals surface area contributed by atoms with Crippen LogP contribution >= 0.6 is 11.3 Å². The normalized spacial score (nSPS) is 14.8. The molecule has 0 spiro atoms. The molecule has 3 N–H and O–H groups in total. The van der Waals surface area contributed by atoms with Crippen LogP contribution < -0.4 is 11.3 Å². The Bertz CT molecular complexity index is 671. The second-order valence-electron chi connectivity index (χ2n) is 5.11. The SMILES string of the molecule is NNC(=O)c1ccc(F)c(CN2CCc3sccc3C2)c1. The summed E-state index contributed by atoms with van der Waals surface area (Å²) in [4.78, 5) is 15.1. The molecular weight excluding hydrogens is 289 g/mol. The van der Waals surface area contributed by atoms with Gasteiger partial charge in [-0.3, -0.25) is 15.1 Å². The molecule has 0 bridgehead atoms. The monoisotopic (exact) mass is 305 g/mol. The summed E-state index contributed by atoms with van der Waals surface area (Å²) in [5.74, 6) is 4.42. The van der Waals surface area contributed by atoms with Gasteiger partial charge in [-0.05, 0) is 41.6 Å². The minimum atomic E-state index is -0.407. The fourth-order valence-corrected chi connectivity index (χ4v) is 3.49. The first-order chi connectivity index (χ1) is 10.2. The number of hydrazine groups is 1. The summed E-state index contributed by atoms with van der Waals surface area (Å²) in [7, 11) is 0. The Balaban J connectivity index is 1.77. The molecular formula is C15H16FN3OS. The molecule has 0 fully saturated rings. The second-order valence-corrected chi connectivity index (χ2v) is 6.11. The van der Waals surface area contributed by atoms with Crippen molar-refractivity contribution < 1.29 is 9.18 Å². The fourth-order valence-electron chi connectivity index (χ4n) is 2.60. The topological polar surface area (TPSA) is 58.4 Å². The molecule has 0 saturated carbocycles. The standard InChI is InChI=1S/C15H16FN3OS/c16-13-2-1-10(15(20)18-17)7-12(13)9-19-5-3-14-11(8-19)4-6-21-14/h1-2,4,6-7H,3,5,8-9,17H2,(H,18,20). The maximum Gasteiger partial charge on any atom is 0.265 e. The summed E-state index contributed by atoms with van der Waals surface area (Å²) >= 11 is 1.78. The molecule has 1 aromatic heterocycles. The summed E-state index contributed by atoms with van der Waals surface area (Å²) in [6.45, 7) is 2.22. The fraction of sp³-hybridized carbons (Fsp3) is 0.267. The first kappa shape index (κ1) is 14.2. The van der Waals surface area contributed by atoms with Crippen molar-refractivity contribution in [1.29, 1.82) is 0 Å². The predicted octanol–water partition coefficient (Wildman–Crippen LogP) is 2.05. The Hall–Kier alpha value is -1.76. The predicted molar refractivity (Wildman–Crippen MR) is 80.2 cm³/mol. The van der Waals surface area contributed by atoms with E-state index in [0.29, 0.717) is 17.7 Å². The average molecular weight is 305 g/mol. The molecule has 2 heterocycles. The number of rotatable bonds is 3. The van der Waals surface area contributed by atoms with Crippen LogP contribution in [-0.4, -0.2) is 17.4 Å². The molecule has 1 aliphatic heterocycles. The maximum atomic E-state index is 13.9. The van der Waals surface area contributed by atoms with E-state index < -0.39 is 5.91 Å². The van der Waals surface area contributed by atoms with Crippen molar-refractivity contribution >= 4 is 17.2 Å². The Kier molecular flexibility index (Phi) is 4.01. The number of nitrogen functional groups attached to an aromatic ring is 1. The van der Waals surface area contributed by atoms with Crippen molar-refractivity contribution in [1.82, 2.24) is 10.3 Å². The summed E-state index contributed by atoms with van der Waals surface area (Å²) in [6, 6.07) is 6.45. The molecule has 2 aromatic rings. The third-order valence-corrected chi connectivity index (χ3v) is 4.74. The van der Waals surface area contributed by atoms with Gasteiger partial charge in [0.15, 0.2) is 0 Å².